The maximum atomic E-state index is 11.3. The lowest BCUT2D eigenvalue weighted by Gasteiger charge is -2.33. The van der Waals surface area contributed by atoms with Crippen molar-refractivity contribution in [2.75, 3.05) is 11.9 Å². The summed E-state index contributed by atoms with van der Waals surface area (Å²) in [5.74, 6) is 0.711. The summed E-state index contributed by atoms with van der Waals surface area (Å²) in [5, 5.41) is 12.4. The van der Waals surface area contributed by atoms with Crippen molar-refractivity contribution in [1.82, 2.24) is 0 Å². The number of fused-ring (bicyclic) bond motifs is 1. The van der Waals surface area contributed by atoms with Crippen LogP contribution in [0.25, 0.3) is 0 Å². The standard InChI is InChI=1S/C16H24N2O3/c1-16(2,3)15(17)13(9-19)21-11-5-6-12-10(8-11)4-7-14(20)18-12/h5-6,8,13,15,19H,4,7,9,17H2,1-3H3,(H,18,20). The van der Waals surface area contributed by atoms with Crippen LogP contribution in [0.1, 0.15) is 32.8 Å². The van der Waals surface area contributed by atoms with Crippen LogP contribution >= 0.6 is 0 Å². The number of hydrogen-bond donors (Lipinski definition) is 3. The Labute approximate surface area is 125 Å². The van der Waals surface area contributed by atoms with E-state index in [4.69, 9.17) is 10.5 Å². The van der Waals surface area contributed by atoms with Gasteiger partial charge in [-0.3, -0.25) is 4.79 Å². The van der Waals surface area contributed by atoms with E-state index in [1.807, 2.05) is 32.9 Å². The molecule has 21 heavy (non-hydrogen) atoms. The van der Waals surface area contributed by atoms with Crippen LogP contribution in [0.5, 0.6) is 5.75 Å². The second-order valence-corrected chi connectivity index (χ2v) is 6.60. The smallest absolute Gasteiger partial charge is 0.224 e. The van der Waals surface area contributed by atoms with E-state index in [9.17, 15) is 9.90 Å². The molecular formula is C16H24N2O3. The van der Waals surface area contributed by atoms with Gasteiger partial charge in [0.25, 0.3) is 0 Å². The predicted octanol–water partition coefficient (Wildman–Crippen LogP) is 1.68. The topological polar surface area (TPSA) is 84.6 Å². The summed E-state index contributed by atoms with van der Waals surface area (Å²) >= 11 is 0. The minimum atomic E-state index is -0.457. The quantitative estimate of drug-likeness (QED) is 0.788. The molecule has 1 aliphatic rings. The number of rotatable bonds is 4. The van der Waals surface area contributed by atoms with E-state index in [2.05, 4.69) is 5.32 Å². The summed E-state index contributed by atoms with van der Waals surface area (Å²) in [5.41, 5.74) is 7.89. The first-order chi connectivity index (χ1) is 9.81. The number of nitrogens with two attached hydrogens (primary N) is 1. The first-order valence-electron chi connectivity index (χ1n) is 7.27. The van der Waals surface area contributed by atoms with Crippen molar-refractivity contribution in [3.8, 4) is 5.75 Å². The molecule has 1 aliphatic heterocycles. The molecular weight excluding hydrogens is 268 g/mol. The van der Waals surface area contributed by atoms with Gasteiger partial charge in [-0.15, -0.1) is 0 Å². The molecule has 0 spiro atoms. The first-order valence-corrected chi connectivity index (χ1v) is 7.27. The zero-order chi connectivity index (χ0) is 15.6. The lowest BCUT2D eigenvalue weighted by atomic mass is 9.84. The minimum Gasteiger partial charge on any atom is -0.486 e. The number of aliphatic hydroxyl groups excluding tert-OH is 1. The molecule has 0 aromatic heterocycles. The molecule has 2 atom stereocenters. The van der Waals surface area contributed by atoms with Gasteiger partial charge in [-0.1, -0.05) is 20.8 Å². The molecule has 116 valence electrons. The monoisotopic (exact) mass is 292 g/mol. The Balaban J connectivity index is 2.14. The summed E-state index contributed by atoms with van der Waals surface area (Å²) in [7, 11) is 0. The first kappa shape index (κ1) is 15.8. The largest absolute Gasteiger partial charge is 0.486 e. The average molecular weight is 292 g/mol. The van der Waals surface area contributed by atoms with Gasteiger partial charge in [0.2, 0.25) is 5.91 Å². The van der Waals surface area contributed by atoms with Gasteiger partial charge in [0.1, 0.15) is 11.9 Å². The van der Waals surface area contributed by atoms with Gasteiger partial charge in [-0.2, -0.15) is 0 Å². The number of carbonyl (C=O) groups is 1. The van der Waals surface area contributed by atoms with Crippen LogP contribution in [-0.2, 0) is 11.2 Å². The van der Waals surface area contributed by atoms with E-state index in [1.54, 1.807) is 6.07 Å². The van der Waals surface area contributed by atoms with Gasteiger partial charge in [0, 0.05) is 18.2 Å². The molecule has 1 amide bonds. The van der Waals surface area contributed by atoms with Crippen molar-refractivity contribution < 1.29 is 14.6 Å². The summed E-state index contributed by atoms with van der Waals surface area (Å²) < 4.78 is 5.86. The van der Waals surface area contributed by atoms with Crippen LogP contribution in [0.2, 0.25) is 0 Å². The van der Waals surface area contributed by atoms with E-state index in [-0.39, 0.29) is 24.0 Å². The van der Waals surface area contributed by atoms with Crippen molar-refractivity contribution in [2.24, 2.45) is 11.1 Å². The fourth-order valence-electron chi connectivity index (χ4n) is 2.39. The van der Waals surface area contributed by atoms with Crippen molar-refractivity contribution in [1.29, 1.82) is 0 Å². The van der Waals surface area contributed by atoms with Crippen LogP contribution < -0.4 is 15.8 Å². The Kier molecular flexibility index (Phi) is 4.54. The fraction of sp³-hybridized carbons (Fsp3) is 0.562. The summed E-state index contributed by atoms with van der Waals surface area (Å²) in [4.78, 5) is 11.3. The number of benzene rings is 1. The van der Waals surface area contributed by atoms with Crippen LogP contribution in [0.15, 0.2) is 18.2 Å². The van der Waals surface area contributed by atoms with E-state index in [0.717, 1.165) is 11.3 Å². The van der Waals surface area contributed by atoms with Gasteiger partial charge >= 0.3 is 0 Å². The van der Waals surface area contributed by atoms with Gasteiger partial charge in [0.05, 0.1) is 6.61 Å². The highest BCUT2D eigenvalue weighted by atomic mass is 16.5. The second kappa shape index (κ2) is 6.03. The molecule has 0 saturated heterocycles. The molecule has 5 heteroatoms. The Morgan fingerprint density at radius 2 is 2.10 bits per heavy atom. The predicted molar refractivity (Wildman–Crippen MR) is 82.3 cm³/mol. The van der Waals surface area contributed by atoms with E-state index >= 15 is 0 Å². The minimum absolute atomic E-state index is 0.0409. The van der Waals surface area contributed by atoms with Gasteiger partial charge < -0.3 is 20.9 Å². The number of nitrogens with one attached hydrogen (secondary N) is 1. The third-order valence-corrected chi connectivity index (χ3v) is 3.84. The van der Waals surface area contributed by atoms with Crippen LogP contribution in [0.3, 0.4) is 0 Å². The van der Waals surface area contributed by atoms with Crippen molar-refractivity contribution in [3.05, 3.63) is 23.8 Å². The zero-order valence-corrected chi connectivity index (χ0v) is 12.8. The number of carbonyl (C=O) groups excluding carboxylic acids is 1. The van der Waals surface area contributed by atoms with Crippen molar-refractivity contribution in [2.45, 2.75) is 45.8 Å². The summed E-state index contributed by atoms with van der Waals surface area (Å²) in [6.45, 7) is 5.93. The van der Waals surface area contributed by atoms with E-state index in [0.29, 0.717) is 18.6 Å². The molecule has 0 aliphatic carbocycles. The van der Waals surface area contributed by atoms with Crippen molar-refractivity contribution in [3.63, 3.8) is 0 Å². The number of hydrogen-bond acceptors (Lipinski definition) is 4. The van der Waals surface area contributed by atoms with Crippen LogP contribution in [-0.4, -0.2) is 29.8 Å². The molecule has 1 aromatic carbocycles. The zero-order valence-electron chi connectivity index (χ0n) is 12.8. The number of amides is 1. The molecule has 1 aromatic rings. The molecule has 4 N–H and O–H groups in total. The maximum absolute atomic E-state index is 11.3. The Morgan fingerprint density at radius 1 is 1.38 bits per heavy atom. The van der Waals surface area contributed by atoms with E-state index in [1.165, 1.54) is 0 Å². The SMILES string of the molecule is CC(C)(C)C(N)C(CO)Oc1ccc2c(c1)CCC(=O)N2. The van der Waals surface area contributed by atoms with Crippen molar-refractivity contribution >= 4 is 11.6 Å². The number of aliphatic hydroxyl groups is 1. The molecule has 0 radical (unpaired) electrons. The third kappa shape index (κ3) is 3.74. The second-order valence-electron chi connectivity index (χ2n) is 6.60. The average Bonchev–Trinajstić information content (AvgIpc) is 2.43. The van der Waals surface area contributed by atoms with Gasteiger partial charge in [-0.25, -0.2) is 0 Å². The fourth-order valence-corrected chi connectivity index (χ4v) is 2.39. The molecule has 0 fully saturated rings. The summed E-state index contributed by atoms with van der Waals surface area (Å²) in [6, 6.07) is 5.26. The molecule has 1 heterocycles. The number of anilines is 1. The Hall–Kier alpha value is -1.59. The maximum Gasteiger partial charge on any atom is 0.224 e. The lowest BCUT2D eigenvalue weighted by Crippen LogP contribution is -2.49. The molecule has 2 unspecified atom stereocenters. The highest BCUT2D eigenvalue weighted by Crippen LogP contribution is 2.29. The Bertz CT molecular complexity index is 523. The van der Waals surface area contributed by atoms with Crippen LogP contribution in [0.4, 0.5) is 5.69 Å². The number of ether oxygens (including phenoxy) is 1. The molecule has 2 rings (SSSR count). The summed E-state index contributed by atoms with van der Waals surface area (Å²) in [6.07, 6.45) is 0.732. The normalized spacial score (nSPS) is 17.7. The number of aryl methyl sites for hydroxylation is 1. The van der Waals surface area contributed by atoms with E-state index < -0.39 is 6.10 Å². The Morgan fingerprint density at radius 3 is 2.71 bits per heavy atom. The molecule has 5 nitrogen and oxygen atoms in total. The molecule has 0 bridgehead atoms. The lowest BCUT2D eigenvalue weighted by molar-refractivity contribution is -0.116. The molecule has 0 saturated carbocycles. The van der Waals surface area contributed by atoms with Gasteiger partial charge in [0.15, 0.2) is 0 Å². The van der Waals surface area contributed by atoms with Crippen LogP contribution in [0, 0.1) is 5.41 Å². The highest BCUT2D eigenvalue weighted by molar-refractivity contribution is 5.93. The highest BCUT2D eigenvalue weighted by Gasteiger charge is 2.30. The van der Waals surface area contributed by atoms with Gasteiger partial charge in [-0.05, 0) is 35.6 Å². The third-order valence-electron chi connectivity index (χ3n) is 3.84.